The van der Waals surface area contributed by atoms with E-state index in [0.29, 0.717) is 12.5 Å². The number of hydrogen-bond acceptors (Lipinski definition) is 2. The number of hydrogen-bond donors (Lipinski definition) is 2. The van der Waals surface area contributed by atoms with E-state index in [1.54, 1.807) is 14.2 Å². The molecule has 24 heavy (non-hydrogen) atoms. The number of methoxy groups -OCH3 is 1. The Morgan fingerprint density at radius 3 is 2.54 bits per heavy atom. The third kappa shape index (κ3) is 5.01. The molecule has 0 heterocycles. The van der Waals surface area contributed by atoms with Crippen LogP contribution in [0.15, 0.2) is 53.5 Å². The Bertz CT molecular complexity index is 668. The van der Waals surface area contributed by atoms with Crippen LogP contribution in [-0.2, 0) is 6.54 Å². The third-order valence-electron chi connectivity index (χ3n) is 4.06. The van der Waals surface area contributed by atoms with Gasteiger partial charge in [-0.3, -0.25) is 4.99 Å². The minimum absolute atomic E-state index is 0.415. The molecule has 0 saturated carbocycles. The average molecular weight is 325 g/mol. The summed E-state index contributed by atoms with van der Waals surface area (Å²) >= 11 is 0. The number of ether oxygens (including phenoxy) is 1. The average Bonchev–Trinajstić information content (AvgIpc) is 2.63. The van der Waals surface area contributed by atoms with Gasteiger partial charge in [0, 0.05) is 25.7 Å². The van der Waals surface area contributed by atoms with Crippen molar-refractivity contribution in [3.8, 4) is 5.75 Å². The van der Waals surface area contributed by atoms with Gasteiger partial charge in [-0.2, -0.15) is 0 Å². The first-order chi connectivity index (χ1) is 11.6. The SMILES string of the molecule is CN=C(NCc1ccc(C)cc1OC)NCC(C)c1ccccc1. The van der Waals surface area contributed by atoms with Crippen molar-refractivity contribution in [3.05, 3.63) is 65.2 Å². The number of nitrogens with one attached hydrogen (secondary N) is 2. The Morgan fingerprint density at radius 1 is 1.12 bits per heavy atom. The van der Waals surface area contributed by atoms with Crippen LogP contribution in [0.25, 0.3) is 0 Å². The van der Waals surface area contributed by atoms with Crippen LogP contribution in [0.3, 0.4) is 0 Å². The van der Waals surface area contributed by atoms with Gasteiger partial charge in [-0.05, 0) is 30.0 Å². The number of guanidine groups is 1. The molecule has 4 nitrogen and oxygen atoms in total. The van der Waals surface area contributed by atoms with E-state index in [9.17, 15) is 0 Å². The van der Waals surface area contributed by atoms with Crippen molar-refractivity contribution in [2.75, 3.05) is 20.7 Å². The zero-order valence-corrected chi connectivity index (χ0v) is 15.0. The van der Waals surface area contributed by atoms with Gasteiger partial charge in [-0.25, -0.2) is 0 Å². The molecule has 2 rings (SSSR count). The molecule has 0 aliphatic heterocycles. The Hall–Kier alpha value is -2.49. The largest absolute Gasteiger partial charge is 0.496 e. The van der Waals surface area contributed by atoms with Crippen LogP contribution in [0.1, 0.15) is 29.5 Å². The Labute approximate surface area is 145 Å². The summed E-state index contributed by atoms with van der Waals surface area (Å²) in [4.78, 5) is 4.30. The van der Waals surface area contributed by atoms with E-state index in [1.807, 2.05) is 12.1 Å². The molecule has 128 valence electrons. The summed E-state index contributed by atoms with van der Waals surface area (Å²) in [6.07, 6.45) is 0. The van der Waals surface area contributed by atoms with Crippen LogP contribution in [-0.4, -0.2) is 26.7 Å². The predicted molar refractivity (Wildman–Crippen MR) is 101 cm³/mol. The molecule has 0 aliphatic carbocycles. The van der Waals surface area contributed by atoms with Crippen molar-refractivity contribution in [1.82, 2.24) is 10.6 Å². The van der Waals surface area contributed by atoms with E-state index in [1.165, 1.54) is 11.1 Å². The molecule has 0 aromatic heterocycles. The van der Waals surface area contributed by atoms with Gasteiger partial charge in [0.05, 0.1) is 7.11 Å². The molecule has 0 bridgehead atoms. The maximum atomic E-state index is 5.45. The van der Waals surface area contributed by atoms with Crippen LogP contribution in [0.5, 0.6) is 5.75 Å². The van der Waals surface area contributed by atoms with Crippen molar-refractivity contribution >= 4 is 5.96 Å². The molecular weight excluding hydrogens is 298 g/mol. The Morgan fingerprint density at radius 2 is 1.88 bits per heavy atom. The number of rotatable bonds is 6. The van der Waals surface area contributed by atoms with Crippen LogP contribution >= 0.6 is 0 Å². The summed E-state index contributed by atoms with van der Waals surface area (Å²) in [5.74, 6) is 2.11. The van der Waals surface area contributed by atoms with Crippen molar-refractivity contribution in [1.29, 1.82) is 0 Å². The van der Waals surface area contributed by atoms with Gasteiger partial charge in [0.25, 0.3) is 0 Å². The lowest BCUT2D eigenvalue weighted by Gasteiger charge is -2.17. The molecule has 0 amide bonds. The molecule has 2 aromatic rings. The zero-order chi connectivity index (χ0) is 17.4. The summed E-state index contributed by atoms with van der Waals surface area (Å²) in [5.41, 5.74) is 3.62. The van der Waals surface area contributed by atoms with Crippen molar-refractivity contribution in [3.63, 3.8) is 0 Å². The standard InChI is InChI=1S/C20H27N3O/c1-15-10-11-18(19(12-15)24-4)14-23-20(21-3)22-13-16(2)17-8-6-5-7-9-17/h5-12,16H,13-14H2,1-4H3,(H2,21,22,23). The highest BCUT2D eigenvalue weighted by molar-refractivity contribution is 5.79. The number of aryl methyl sites for hydroxylation is 1. The molecule has 2 N–H and O–H groups in total. The minimum atomic E-state index is 0.415. The van der Waals surface area contributed by atoms with Crippen LogP contribution < -0.4 is 15.4 Å². The van der Waals surface area contributed by atoms with Gasteiger partial charge in [0.2, 0.25) is 0 Å². The van der Waals surface area contributed by atoms with Crippen LogP contribution in [0, 0.1) is 6.92 Å². The fourth-order valence-electron chi connectivity index (χ4n) is 2.55. The summed E-state index contributed by atoms with van der Waals surface area (Å²) in [6, 6.07) is 16.7. The molecule has 0 fully saturated rings. The topological polar surface area (TPSA) is 45.7 Å². The van der Waals surface area contributed by atoms with Gasteiger partial charge in [0.1, 0.15) is 5.75 Å². The molecule has 1 unspecified atom stereocenters. The molecule has 0 aliphatic rings. The molecule has 0 spiro atoms. The van der Waals surface area contributed by atoms with Gasteiger partial charge < -0.3 is 15.4 Å². The lowest BCUT2D eigenvalue weighted by atomic mass is 10.0. The van der Waals surface area contributed by atoms with Gasteiger partial charge >= 0.3 is 0 Å². The third-order valence-corrected chi connectivity index (χ3v) is 4.06. The van der Waals surface area contributed by atoms with Crippen molar-refractivity contribution in [2.45, 2.75) is 26.3 Å². The second-order valence-corrected chi connectivity index (χ2v) is 5.93. The summed E-state index contributed by atoms with van der Waals surface area (Å²) < 4.78 is 5.45. The molecule has 4 heteroatoms. The predicted octanol–water partition coefficient (Wildman–Crippen LogP) is 3.47. The minimum Gasteiger partial charge on any atom is -0.496 e. The fraction of sp³-hybridized carbons (Fsp3) is 0.350. The lowest BCUT2D eigenvalue weighted by Crippen LogP contribution is -2.38. The second kappa shape index (κ2) is 8.96. The van der Waals surface area contributed by atoms with E-state index < -0.39 is 0 Å². The molecule has 2 aromatic carbocycles. The molecular formula is C20H27N3O. The maximum absolute atomic E-state index is 5.45. The number of aliphatic imine (C=N–C) groups is 1. The quantitative estimate of drug-likeness (QED) is 0.631. The lowest BCUT2D eigenvalue weighted by molar-refractivity contribution is 0.408. The number of benzene rings is 2. The first-order valence-corrected chi connectivity index (χ1v) is 8.27. The Kier molecular flexibility index (Phi) is 6.67. The highest BCUT2D eigenvalue weighted by Crippen LogP contribution is 2.19. The van der Waals surface area contributed by atoms with Crippen LogP contribution in [0.4, 0.5) is 0 Å². The monoisotopic (exact) mass is 325 g/mol. The first-order valence-electron chi connectivity index (χ1n) is 8.27. The number of nitrogens with zero attached hydrogens (tertiary/aromatic N) is 1. The fourth-order valence-corrected chi connectivity index (χ4v) is 2.55. The van der Waals surface area contributed by atoms with Gasteiger partial charge in [0.15, 0.2) is 5.96 Å². The van der Waals surface area contributed by atoms with Crippen molar-refractivity contribution < 1.29 is 4.74 Å². The normalized spacial score (nSPS) is 12.6. The highest BCUT2D eigenvalue weighted by Gasteiger charge is 2.07. The first kappa shape index (κ1) is 17.9. The van der Waals surface area contributed by atoms with Crippen molar-refractivity contribution in [2.24, 2.45) is 4.99 Å². The second-order valence-electron chi connectivity index (χ2n) is 5.93. The molecule has 1 atom stereocenters. The summed E-state index contributed by atoms with van der Waals surface area (Å²) in [6.45, 7) is 5.77. The van der Waals surface area contributed by atoms with E-state index in [2.05, 4.69) is 65.9 Å². The molecule has 0 saturated heterocycles. The highest BCUT2D eigenvalue weighted by atomic mass is 16.5. The van der Waals surface area contributed by atoms with Gasteiger partial charge in [-0.15, -0.1) is 0 Å². The maximum Gasteiger partial charge on any atom is 0.191 e. The van der Waals surface area contributed by atoms with E-state index in [-0.39, 0.29) is 0 Å². The molecule has 0 radical (unpaired) electrons. The summed E-state index contributed by atoms with van der Waals surface area (Å²) in [7, 11) is 3.49. The summed E-state index contributed by atoms with van der Waals surface area (Å²) in [5, 5.41) is 6.73. The smallest absolute Gasteiger partial charge is 0.191 e. The zero-order valence-electron chi connectivity index (χ0n) is 15.0. The van der Waals surface area contributed by atoms with Gasteiger partial charge in [-0.1, -0.05) is 49.4 Å². The van der Waals surface area contributed by atoms with E-state index in [0.717, 1.165) is 23.8 Å². The van der Waals surface area contributed by atoms with E-state index >= 15 is 0 Å². The Balaban J connectivity index is 1.89. The van der Waals surface area contributed by atoms with E-state index in [4.69, 9.17) is 4.74 Å². The van der Waals surface area contributed by atoms with Crippen LogP contribution in [0.2, 0.25) is 0 Å².